The van der Waals surface area contributed by atoms with Crippen LogP contribution in [0.15, 0.2) is 58.3 Å². The summed E-state index contributed by atoms with van der Waals surface area (Å²) in [5.74, 6) is -0.0835. The smallest absolute Gasteiger partial charge is 0.206 e. The first-order valence-corrected chi connectivity index (χ1v) is 7.33. The van der Waals surface area contributed by atoms with E-state index < -0.39 is 9.84 Å². The van der Waals surface area contributed by atoms with Gasteiger partial charge in [-0.05, 0) is 37.6 Å². The molecule has 0 bridgehead atoms. The molecule has 0 amide bonds. The van der Waals surface area contributed by atoms with E-state index in [0.29, 0.717) is 16.0 Å². The molecule has 98 valence electrons. The van der Waals surface area contributed by atoms with Crippen molar-refractivity contribution in [3.63, 3.8) is 0 Å². The predicted molar refractivity (Wildman–Crippen MR) is 73.1 cm³/mol. The zero-order chi connectivity index (χ0) is 14.0. The summed E-state index contributed by atoms with van der Waals surface area (Å²) in [5, 5.41) is 0. The summed E-state index contributed by atoms with van der Waals surface area (Å²) in [5.41, 5.74) is 1.21. The zero-order valence-electron chi connectivity index (χ0n) is 10.8. The summed E-state index contributed by atoms with van der Waals surface area (Å²) in [6, 6.07) is 12.9. The lowest BCUT2D eigenvalue weighted by molar-refractivity contribution is 0.101. The molecule has 0 radical (unpaired) electrons. The Hall–Kier alpha value is -1.94. The van der Waals surface area contributed by atoms with E-state index in [4.69, 9.17) is 0 Å². The first-order valence-electron chi connectivity index (χ1n) is 5.84. The highest BCUT2D eigenvalue weighted by molar-refractivity contribution is 7.91. The van der Waals surface area contributed by atoms with E-state index >= 15 is 0 Å². The van der Waals surface area contributed by atoms with Crippen LogP contribution in [0.2, 0.25) is 0 Å². The normalized spacial score (nSPS) is 11.3. The van der Waals surface area contributed by atoms with Crippen LogP contribution < -0.4 is 0 Å². The standard InChI is InChI=1S/C15H14O3S/c1-11-5-3-4-6-15(11)19(17,18)14-9-7-13(8-10-14)12(2)16/h3-10H,1-2H3. The Kier molecular flexibility index (Phi) is 3.53. The summed E-state index contributed by atoms with van der Waals surface area (Å²) in [7, 11) is -3.52. The SMILES string of the molecule is CC(=O)c1ccc(S(=O)(=O)c2ccccc2C)cc1. The lowest BCUT2D eigenvalue weighted by Gasteiger charge is -2.07. The Labute approximate surface area is 112 Å². The minimum atomic E-state index is -3.52. The molecule has 0 aliphatic rings. The molecule has 0 saturated heterocycles. The van der Waals surface area contributed by atoms with Crippen molar-refractivity contribution >= 4 is 15.6 Å². The van der Waals surface area contributed by atoms with Gasteiger partial charge in [-0.15, -0.1) is 0 Å². The maximum absolute atomic E-state index is 12.5. The first-order chi connectivity index (χ1) is 8.93. The van der Waals surface area contributed by atoms with Crippen molar-refractivity contribution in [3.8, 4) is 0 Å². The van der Waals surface area contributed by atoms with E-state index in [0.717, 1.165) is 0 Å². The Morgan fingerprint density at radius 1 is 0.947 bits per heavy atom. The summed E-state index contributed by atoms with van der Waals surface area (Å²) in [4.78, 5) is 11.7. The third kappa shape index (κ3) is 2.58. The zero-order valence-corrected chi connectivity index (χ0v) is 11.6. The molecule has 0 atom stereocenters. The van der Waals surface area contributed by atoms with Crippen LogP contribution in [-0.2, 0) is 9.84 Å². The number of hydrogen-bond donors (Lipinski definition) is 0. The van der Waals surface area contributed by atoms with Gasteiger partial charge in [-0.2, -0.15) is 0 Å². The lowest BCUT2D eigenvalue weighted by Crippen LogP contribution is -2.04. The molecule has 2 aromatic carbocycles. The highest BCUT2D eigenvalue weighted by Gasteiger charge is 2.19. The van der Waals surface area contributed by atoms with E-state index in [-0.39, 0.29) is 10.7 Å². The number of carbonyl (C=O) groups excluding carboxylic acids is 1. The minimum Gasteiger partial charge on any atom is -0.295 e. The monoisotopic (exact) mass is 274 g/mol. The molecule has 0 spiro atoms. The topological polar surface area (TPSA) is 51.2 Å². The first kappa shape index (κ1) is 13.5. The number of aryl methyl sites for hydroxylation is 1. The predicted octanol–water partition coefficient (Wildman–Crippen LogP) is 3.03. The average Bonchev–Trinajstić information content (AvgIpc) is 2.39. The fourth-order valence-electron chi connectivity index (χ4n) is 1.85. The lowest BCUT2D eigenvalue weighted by atomic mass is 10.2. The second-order valence-corrected chi connectivity index (χ2v) is 6.27. The van der Waals surface area contributed by atoms with Crippen molar-refractivity contribution in [1.29, 1.82) is 0 Å². The average molecular weight is 274 g/mol. The quantitative estimate of drug-likeness (QED) is 0.808. The molecule has 0 heterocycles. The van der Waals surface area contributed by atoms with Crippen LogP contribution in [0, 0.1) is 6.92 Å². The van der Waals surface area contributed by atoms with E-state index in [1.165, 1.54) is 31.2 Å². The third-order valence-corrected chi connectivity index (χ3v) is 4.88. The maximum Gasteiger partial charge on any atom is 0.206 e. The number of Topliss-reactive ketones (excluding diaryl/α,β-unsaturated/α-hetero) is 1. The molecule has 0 aliphatic heterocycles. The van der Waals surface area contributed by atoms with E-state index in [1.807, 2.05) is 0 Å². The van der Waals surface area contributed by atoms with Gasteiger partial charge >= 0.3 is 0 Å². The minimum absolute atomic E-state index is 0.0835. The maximum atomic E-state index is 12.5. The molecule has 0 aliphatic carbocycles. The molecule has 0 saturated carbocycles. The van der Waals surface area contributed by atoms with Gasteiger partial charge < -0.3 is 0 Å². The van der Waals surface area contributed by atoms with Gasteiger partial charge in [0.05, 0.1) is 9.79 Å². The van der Waals surface area contributed by atoms with Crippen LogP contribution in [-0.4, -0.2) is 14.2 Å². The molecule has 0 aromatic heterocycles. The Bertz CT molecular complexity index is 713. The fourth-order valence-corrected chi connectivity index (χ4v) is 3.35. The molecule has 0 fully saturated rings. The molecule has 0 unspecified atom stereocenters. The van der Waals surface area contributed by atoms with Crippen molar-refractivity contribution < 1.29 is 13.2 Å². The van der Waals surface area contributed by atoms with Crippen molar-refractivity contribution in [3.05, 3.63) is 59.7 Å². The van der Waals surface area contributed by atoms with Gasteiger partial charge in [0, 0.05) is 5.56 Å². The molecule has 3 nitrogen and oxygen atoms in total. The van der Waals surface area contributed by atoms with E-state index in [1.54, 1.807) is 31.2 Å². The molecular weight excluding hydrogens is 260 g/mol. The van der Waals surface area contributed by atoms with Crippen LogP contribution in [0.4, 0.5) is 0 Å². The van der Waals surface area contributed by atoms with Crippen molar-refractivity contribution in [2.24, 2.45) is 0 Å². The molecule has 0 N–H and O–H groups in total. The van der Waals surface area contributed by atoms with Gasteiger partial charge in [0.25, 0.3) is 0 Å². The van der Waals surface area contributed by atoms with Gasteiger partial charge in [-0.25, -0.2) is 8.42 Å². The summed E-state index contributed by atoms with van der Waals surface area (Å²) in [6.45, 7) is 3.21. The number of hydrogen-bond acceptors (Lipinski definition) is 3. The summed E-state index contributed by atoms with van der Waals surface area (Å²) >= 11 is 0. The van der Waals surface area contributed by atoms with Crippen LogP contribution in [0.1, 0.15) is 22.8 Å². The molecule has 4 heteroatoms. The van der Waals surface area contributed by atoms with Gasteiger partial charge in [-0.1, -0.05) is 30.3 Å². The summed E-state index contributed by atoms with van der Waals surface area (Å²) < 4.78 is 24.9. The number of rotatable bonds is 3. The number of benzene rings is 2. The van der Waals surface area contributed by atoms with Gasteiger partial charge in [0.1, 0.15) is 0 Å². The van der Waals surface area contributed by atoms with E-state index in [9.17, 15) is 13.2 Å². The second kappa shape index (κ2) is 4.97. The number of ketones is 1. The second-order valence-electron chi connectivity index (χ2n) is 4.35. The molecule has 2 rings (SSSR count). The van der Waals surface area contributed by atoms with E-state index in [2.05, 4.69) is 0 Å². The summed E-state index contributed by atoms with van der Waals surface area (Å²) in [6.07, 6.45) is 0. The number of carbonyl (C=O) groups is 1. The molecular formula is C15H14O3S. The fraction of sp³-hybridized carbons (Fsp3) is 0.133. The number of sulfone groups is 1. The van der Waals surface area contributed by atoms with Gasteiger partial charge in [0.2, 0.25) is 9.84 Å². The molecule has 19 heavy (non-hydrogen) atoms. The Morgan fingerprint density at radius 2 is 1.53 bits per heavy atom. The van der Waals surface area contributed by atoms with Crippen LogP contribution >= 0.6 is 0 Å². The third-order valence-electron chi connectivity index (χ3n) is 2.95. The Balaban J connectivity index is 2.52. The highest BCUT2D eigenvalue weighted by Crippen LogP contribution is 2.23. The Morgan fingerprint density at radius 3 is 2.05 bits per heavy atom. The largest absolute Gasteiger partial charge is 0.295 e. The highest BCUT2D eigenvalue weighted by atomic mass is 32.2. The van der Waals surface area contributed by atoms with Gasteiger partial charge in [0.15, 0.2) is 5.78 Å². The van der Waals surface area contributed by atoms with Crippen LogP contribution in [0.3, 0.4) is 0 Å². The van der Waals surface area contributed by atoms with Crippen LogP contribution in [0.5, 0.6) is 0 Å². The molecule has 2 aromatic rings. The van der Waals surface area contributed by atoms with Crippen molar-refractivity contribution in [1.82, 2.24) is 0 Å². The van der Waals surface area contributed by atoms with Gasteiger partial charge in [-0.3, -0.25) is 4.79 Å². The van der Waals surface area contributed by atoms with Crippen molar-refractivity contribution in [2.75, 3.05) is 0 Å². The van der Waals surface area contributed by atoms with Crippen LogP contribution in [0.25, 0.3) is 0 Å². The van der Waals surface area contributed by atoms with Crippen molar-refractivity contribution in [2.45, 2.75) is 23.6 Å².